The summed E-state index contributed by atoms with van der Waals surface area (Å²) in [6, 6.07) is 17.2. The van der Waals surface area contributed by atoms with Crippen molar-refractivity contribution in [2.24, 2.45) is 0 Å². The van der Waals surface area contributed by atoms with Crippen molar-refractivity contribution in [2.75, 3.05) is 39.4 Å². The molecule has 0 N–H and O–H groups in total. The number of ether oxygens (including phenoxy) is 2. The van der Waals surface area contributed by atoms with Crippen LogP contribution in [0.5, 0.6) is 5.75 Å². The summed E-state index contributed by atoms with van der Waals surface area (Å²) in [5.74, 6) is 0.709. The zero-order chi connectivity index (χ0) is 21.5. The van der Waals surface area contributed by atoms with Gasteiger partial charge in [-0.1, -0.05) is 24.3 Å². The average molecular weight is 420 g/mol. The summed E-state index contributed by atoms with van der Waals surface area (Å²) in [7, 11) is 0. The van der Waals surface area contributed by atoms with Crippen LogP contribution >= 0.6 is 0 Å². The fourth-order valence-electron chi connectivity index (χ4n) is 4.34. The number of benzene rings is 2. The van der Waals surface area contributed by atoms with Crippen LogP contribution in [-0.2, 0) is 11.3 Å². The van der Waals surface area contributed by atoms with Gasteiger partial charge in [0.1, 0.15) is 12.4 Å². The van der Waals surface area contributed by atoms with Crippen molar-refractivity contribution in [2.45, 2.75) is 31.9 Å². The van der Waals surface area contributed by atoms with E-state index in [1.807, 2.05) is 47.4 Å². The number of piperidine rings is 1. The number of carbonyl (C=O) groups excluding carboxylic acids is 1. The summed E-state index contributed by atoms with van der Waals surface area (Å²) in [6.45, 7) is 5.43. The fourth-order valence-corrected chi connectivity index (χ4v) is 4.34. The van der Waals surface area contributed by atoms with Crippen LogP contribution in [0.4, 0.5) is 0 Å². The van der Waals surface area contributed by atoms with Gasteiger partial charge in [0.25, 0.3) is 5.91 Å². The second-order valence-electron chi connectivity index (χ2n) is 8.15. The molecule has 2 saturated heterocycles. The Labute approximate surface area is 184 Å². The molecule has 2 heterocycles. The highest BCUT2D eigenvalue weighted by atomic mass is 16.5. The third-order valence-electron chi connectivity index (χ3n) is 6.07. The normalized spacial score (nSPS) is 19.6. The lowest BCUT2D eigenvalue weighted by Crippen LogP contribution is -2.51. The first-order valence-electron chi connectivity index (χ1n) is 11.1. The minimum absolute atomic E-state index is 0.0702. The Morgan fingerprint density at radius 2 is 1.94 bits per heavy atom. The number of hydrogen-bond acceptors (Lipinski definition) is 5. The Morgan fingerprint density at radius 3 is 2.77 bits per heavy atom. The van der Waals surface area contributed by atoms with Crippen molar-refractivity contribution in [3.8, 4) is 11.8 Å². The van der Waals surface area contributed by atoms with Crippen molar-refractivity contribution in [3.63, 3.8) is 0 Å². The second kappa shape index (κ2) is 10.4. The van der Waals surface area contributed by atoms with Crippen molar-refractivity contribution in [3.05, 3.63) is 65.2 Å². The molecule has 6 heteroatoms. The summed E-state index contributed by atoms with van der Waals surface area (Å²) in [4.78, 5) is 17.8. The van der Waals surface area contributed by atoms with Gasteiger partial charge in [0.05, 0.1) is 24.8 Å². The number of nitriles is 1. The van der Waals surface area contributed by atoms with E-state index in [-0.39, 0.29) is 11.9 Å². The lowest BCUT2D eigenvalue weighted by atomic mass is 10.00. The number of hydrogen-bond donors (Lipinski definition) is 0. The first-order valence-corrected chi connectivity index (χ1v) is 11.1. The van der Waals surface area contributed by atoms with Gasteiger partial charge >= 0.3 is 0 Å². The molecule has 0 aromatic heterocycles. The van der Waals surface area contributed by atoms with Gasteiger partial charge in [0, 0.05) is 43.3 Å². The summed E-state index contributed by atoms with van der Waals surface area (Å²) in [5, 5.41) is 9.25. The summed E-state index contributed by atoms with van der Waals surface area (Å²) >= 11 is 0. The van der Waals surface area contributed by atoms with E-state index in [9.17, 15) is 10.1 Å². The highest BCUT2D eigenvalue weighted by Gasteiger charge is 2.29. The molecule has 2 aromatic carbocycles. The van der Waals surface area contributed by atoms with Gasteiger partial charge in [-0.25, -0.2) is 0 Å². The topological polar surface area (TPSA) is 65.8 Å². The molecule has 2 aliphatic rings. The largest absolute Gasteiger partial charge is 0.489 e. The van der Waals surface area contributed by atoms with E-state index in [2.05, 4.69) is 11.0 Å². The molecule has 0 radical (unpaired) electrons. The lowest BCUT2D eigenvalue weighted by molar-refractivity contribution is 0.0166. The quantitative estimate of drug-likeness (QED) is 0.717. The molecule has 0 bridgehead atoms. The third kappa shape index (κ3) is 5.43. The van der Waals surface area contributed by atoms with Crippen LogP contribution in [-0.4, -0.2) is 61.1 Å². The molecule has 1 amide bonds. The average Bonchev–Trinajstić information content (AvgIpc) is 2.83. The zero-order valence-corrected chi connectivity index (χ0v) is 17.8. The van der Waals surface area contributed by atoms with E-state index < -0.39 is 0 Å². The van der Waals surface area contributed by atoms with Gasteiger partial charge in [-0.3, -0.25) is 9.69 Å². The van der Waals surface area contributed by atoms with Crippen molar-refractivity contribution in [1.82, 2.24) is 9.80 Å². The van der Waals surface area contributed by atoms with E-state index >= 15 is 0 Å². The number of nitrogens with zero attached hydrogens (tertiary/aromatic N) is 3. The number of amides is 1. The lowest BCUT2D eigenvalue weighted by Gasteiger charge is -2.39. The van der Waals surface area contributed by atoms with E-state index in [4.69, 9.17) is 9.47 Å². The maximum absolute atomic E-state index is 13.4. The number of morpholine rings is 1. The van der Waals surface area contributed by atoms with E-state index in [0.29, 0.717) is 23.5 Å². The van der Waals surface area contributed by atoms with Gasteiger partial charge < -0.3 is 14.4 Å². The Bertz CT molecular complexity index is 934. The highest BCUT2D eigenvalue weighted by Crippen LogP contribution is 2.23. The van der Waals surface area contributed by atoms with Crippen molar-refractivity contribution < 1.29 is 14.3 Å². The van der Waals surface area contributed by atoms with E-state index in [1.165, 1.54) is 6.42 Å². The number of rotatable bonds is 6. The highest BCUT2D eigenvalue weighted by molar-refractivity contribution is 5.95. The van der Waals surface area contributed by atoms with Crippen molar-refractivity contribution in [1.29, 1.82) is 5.26 Å². The number of carbonyl (C=O) groups is 1. The molecular formula is C25H29N3O3. The van der Waals surface area contributed by atoms with Crippen LogP contribution in [0.3, 0.4) is 0 Å². The maximum Gasteiger partial charge on any atom is 0.254 e. The molecule has 4 rings (SSSR count). The molecule has 1 unspecified atom stereocenters. The van der Waals surface area contributed by atoms with Crippen LogP contribution in [0.2, 0.25) is 0 Å². The first kappa shape index (κ1) is 21.4. The molecule has 6 nitrogen and oxygen atoms in total. The third-order valence-corrected chi connectivity index (χ3v) is 6.07. The Hall–Kier alpha value is -2.88. The Balaban J connectivity index is 1.43. The van der Waals surface area contributed by atoms with Crippen LogP contribution in [0.15, 0.2) is 48.5 Å². The van der Waals surface area contributed by atoms with E-state index in [0.717, 1.165) is 57.8 Å². The molecule has 0 aliphatic carbocycles. The Kier molecular flexibility index (Phi) is 7.18. The molecule has 0 saturated carbocycles. The SMILES string of the molecule is N#Cc1ccccc1COc1cccc(C(=O)N2CCCCC2CN2CCOCC2)c1. The van der Waals surface area contributed by atoms with Crippen LogP contribution in [0.25, 0.3) is 0 Å². The predicted molar refractivity (Wildman–Crippen MR) is 118 cm³/mol. The molecule has 2 fully saturated rings. The van der Waals surface area contributed by atoms with Crippen molar-refractivity contribution >= 4 is 5.91 Å². The van der Waals surface area contributed by atoms with Gasteiger partial charge in [0.15, 0.2) is 0 Å². The van der Waals surface area contributed by atoms with E-state index in [1.54, 1.807) is 6.07 Å². The summed E-state index contributed by atoms with van der Waals surface area (Å²) in [6.07, 6.45) is 3.26. The van der Waals surface area contributed by atoms with Crippen LogP contribution in [0.1, 0.15) is 40.7 Å². The monoisotopic (exact) mass is 419 g/mol. The fraction of sp³-hybridized carbons (Fsp3) is 0.440. The second-order valence-corrected chi connectivity index (χ2v) is 8.15. The Morgan fingerprint density at radius 1 is 1.10 bits per heavy atom. The standard InChI is InChI=1S/C25H29N3O3/c26-17-21-6-1-2-7-22(21)19-31-24-10-5-8-20(16-24)25(29)28-11-4-3-9-23(28)18-27-12-14-30-15-13-27/h1-2,5-8,10,16,23H,3-4,9,11-15,18-19H2. The molecule has 31 heavy (non-hydrogen) atoms. The first-order chi connectivity index (χ1) is 15.2. The smallest absolute Gasteiger partial charge is 0.254 e. The molecule has 162 valence electrons. The minimum atomic E-state index is 0.0702. The molecular weight excluding hydrogens is 390 g/mol. The van der Waals surface area contributed by atoms with Gasteiger partial charge in [-0.15, -0.1) is 0 Å². The summed E-state index contributed by atoms with van der Waals surface area (Å²) in [5.41, 5.74) is 2.09. The van der Waals surface area contributed by atoms with Crippen LogP contribution < -0.4 is 4.74 Å². The molecule has 2 aliphatic heterocycles. The minimum Gasteiger partial charge on any atom is -0.489 e. The summed E-state index contributed by atoms with van der Waals surface area (Å²) < 4.78 is 11.4. The molecule has 2 aromatic rings. The van der Waals surface area contributed by atoms with Gasteiger partial charge in [-0.2, -0.15) is 5.26 Å². The van der Waals surface area contributed by atoms with Gasteiger partial charge in [0.2, 0.25) is 0 Å². The molecule has 0 spiro atoms. The predicted octanol–water partition coefficient (Wildman–Crippen LogP) is 3.46. The van der Waals surface area contributed by atoms with Crippen LogP contribution in [0, 0.1) is 11.3 Å². The maximum atomic E-state index is 13.4. The number of likely N-dealkylation sites (tertiary alicyclic amines) is 1. The molecule has 1 atom stereocenters. The zero-order valence-electron chi connectivity index (χ0n) is 17.8. The van der Waals surface area contributed by atoms with Gasteiger partial charge in [-0.05, 0) is 43.5 Å².